The van der Waals surface area contributed by atoms with Gasteiger partial charge in [0, 0.05) is 44.8 Å². The fourth-order valence-electron chi connectivity index (χ4n) is 3.47. The Morgan fingerprint density at radius 1 is 1.21 bits per heavy atom. The second kappa shape index (κ2) is 6.65. The number of aryl methyl sites for hydroxylation is 1. The molecule has 4 nitrogen and oxygen atoms in total. The first-order valence-electron chi connectivity index (χ1n) is 8.74. The monoisotopic (exact) mass is 329 g/mol. The van der Waals surface area contributed by atoms with Crippen molar-refractivity contribution >= 4 is 0 Å². The molecule has 2 heterocycles. The van der Waals surface area contributed by atoms with Crippen molar-refractivity contribution in [1.29, 1.82) is 0 Å². The molecule has 1 fully saturated rings. The summed E-state index contributed by atoms with van der Waals surface area (Å²) in [7, 11) is 2.00. The van der Waals surface area contributed by atoms with Crippen LogP contribution in [0, 0.1) is 11.7 Å². The minimum absolute atomic E-state index is 0.183. The number of halogens is 1. The molecule has 0 spiro atoms. The highest BCUT2D eigenvalue weighted by atomic mass is 19.1. The van der Waals surface area contributed by atoms with Crippen LogP contribution in [0.15, 0.2) is 30.5 Å². The molecule has 1 saturated carbocycles. The maximum absolute atomic E-state index is 13.1. The molecule has 5 heteroatoms. The van der Waals surface area contributed by atoms with Gasteiger partial charge in [-0.25, -0.2) is 4.39 Å². The third-order valence-electron chi connectivity index (χ3n) is 5.07. The van der Waals surface area contributed by atoms with Gasteiger partial charge >= 0.3 is 0 Å². The SMILES string of the molecule is Cn1ncc2c1CN(Cc1ccc(F)cc1)C[C@@H]2COCC1CC1. The molecule has 1 aromatic heterocycles. The smallest absolute Gasteiger partial charge is 0.123 e. The molecule has 0 bridgehead atoms. The van der Waals surface area contributed by atoms with Gasteiger partial charge in [-0.3, -0.25) is 9.58 Å². The van der Waals surface area contributed by atoms with Crippen molar-refractivity contribution in [2.75, 3.05) is 19.8 Å². The Morgan fingerprint density at radius 2 is 2.00 bits per heavy atom. The average molecular weight is 329 g/mol. The maximum atomic E-state index is 13.1. The number of benzene rings is 1. The van der Waals surface area contributed by atoms with Gasteiger partial charge in [0.25, 0.3) is 0 Å². The molecule has 2 aliphatic rings. The van der Waals surface area contributed by atoms with Gasteiger partial charge in [-0.15, -0.1) is 0 Å². The molecule has 1 aliphatic carbocycles. The van der Waals surface area contributed by atoms with Gasteiger partial charge in [0.2, 0.25) is 0 Å². The summed E-state index contributed by atoms with van der Waals surface area (Å²) in [6, 6.07) is 6.80. The van der Waals surface area contributed by atoms with Gasteiger partial charge in [-0.1, -0.05) is 12.1 Å². The van der Waals surface area contributed by atoms with E-state index in [1.54, 1.807) is 0 Å². The summed E-state index contributed by atoms with van der Waals surface area (Å²) in [4.78, 5) is 2.41. The summed E-state index contributed by atoms with van der Waals surface area (Å²) in [6.45, 7) is 4.31. The van der Waals surface area contributed by atoms with Gasteiger partial charge in [-0.2, -0.15) is 5.10 Å². The first-order valence-corrected chi connectivity index (χ1v) is 8.74. The van der Waals surface area contributed by atoms with Crippen LogP contribution in [0.1, 0.15) is 35.6 Å². The summed E-state index contributed by atoms with van der Waals surface area (Å²) in [5.41, 5.74) is 3.73. The first-order chi connectivity index (χ1) is 11.7. The molecule has 0 radical (unpaired) electrons. The highest BCUT2D eigenvalue weighted by Gasteiger charge is 2.29. The fourth-order valence-corrected chi connectivity index (χ4v) is 3.47. The topological polar surface area (TPSA) is 30.3 Å². The Bertz CT molecular complexity index is 693. The molecule has 0 N–H and O–H groups in total. The van der Waals surface area contributed by atoms with Crippen molar-refractivity contribution < 1.29 is 9.13 Å². The summed E-state index contributed by atoms with van der Waals surface area (Å²) in [5, 5.41) is 4.44. The van der Waals surface area contributed by atoms with Gasteiger partial charge in [0.1, 0.15) is 5.82 Å². The molecule has 1 aliphatic heterocycles. The van der Waals surface area contributed by atoms with Crippen molar-refractivity contribution in [2.45, 2.75) is 31.8 Å². The third-order valence-corrected chi connectivity index (χ3v) is 5.07. The summed E-state index contributed by atoms with van der Waals surface area (Å²) < 4.78 is 21.0. The minimum atomic E-state index is -0.183. The van der Waals surface area contributed by atoms with E-state index in [0.29, 0.717) is 5.92 Å². The van der Waals surface area contributed by atoms with E-state index >= 15 is 0 Å². The molecule has 0 saturated heterocycles. The minimum Gasteiger partial charge on any atom is -0.380 e. The highest BCUT2D eigenvalue weighted by Crippen LogP contribution is 2.32. The van der Waals surface area contributed by atoms with Crippen LogP contribution in [0.5, 0.6) is 0 Å². The van der Waals surface area contributed by atoms with Crippen molar-refractivity contribution in [3.05, 3.63) is 53.1 Å². The van der Waals surface area contributed by atoms with Crippen LogP contribution in [0.3, 0.4) is 0 Å². The Hall–Kier alpha value is -1.72. The molecule has 0 amide bonds. The quantitative estimate of drug-likeness (QED) is 0.816. The van der Waals surface area contributed by atoms with E-state index in [2.05, 4.69) is 10.00 Å². The molecular formula is C19H24FN3O. The van der Waals surface area contributed by atoms with Gasteiger partial charge in [0.15, 0.2) is 0 Å². The molecule has 1 aromatic carbocycles. The van der Waals surface area contributed by atoms with Gasteiger partial charge in [-0.05, 0) is 36.5 Å². The van der Waals surface area contributed by atoms with E-state index in [1.165, 1.54) is 36.2 Å². The van der Waals surface area contributed by atoms with Crippen LogP contribution in [-0.2, 0) is 24.9 Å². The van der Waals surface area contributed by atoms with Gasteiger partial charge in [0.05, 0.1) is 18.5 Å². The van der Waals surface area contributed by atoms with E-state index in [4.69, 9.17) is 4.74 Å². The predicted octanol–water partition coefficient (Wildman–Crippen LogP) is 3.09. The summed E-state index contributed by atoms with van der Waals surface area (Å²) in [5.74, 6) is 0.969. The number of nitrogens with zero attached hydrogens (tertiary/aromatic N) is 3. The highest BCUT2D eigenvalue weighted by molar-refractivity contribution is 5.26. The lowest BCUT2D eigenvalue weighted by Crippen LogP contribution is -2.35. The lowest BCUT2D eigenvalue weighted by Gasteiger charge is -2.33. The Kier molecular flexibility index (Phi) is 4.37. The largest absolute Gasteiger partial charge is 0.380 e. The lowest BCUT2D eigenvalue weighted by atomic mass is 9.95. The van der Waals surface area contributed by atoms with Crippen molar-refractivity contribution in [2.24, 2.45) is 13.0 Å². The number of hydrogen-bond acceptors (Lipinski definition) is 3. The Labute approximate surface area is 142 Å². The number of aromatic nitrogens is 2. The zero-order chi connectivity index (χ0) is 16.5. The number of fused-ring (bicyclic) bond motifs is 1. The third kappa shape index (κ3) is 3.52. The normalized spacial score (nSPS) is 21.0. The van der Waals surface area contributed by atoms with Crippen molar-refractivity contribution in [3.63, 3.8) is 0 Å². The van der Waals surface area contributed by atoms with Crippen molar-refractivity contribution in [1.82, 2.24) is 14.7 Å². The van der Waals surface area contributed by atoms with Crippen LogP contribution in [0.2, 0.25) is 0 Å². The van der Waals surface area contributed by atoms with E-state index < -0.39 is 0 Å². The standard InChI is InChI=1S/C19H24FN3O/c1-22-19-11-23(9-14-4-6-17(20)7-5-14)10-16(18(19)8-21-22)13-24-12-15-2-3-15/h4-8,15-16H,2-3,9-13H2,1H3/t16-/m1/s1. The number of rotatable bonds is 6. The zero-order valence-electron chi connectivity index (χ0n) is 14.1. The van der Waals surface area contributed by atoms with E-state index in [-0.39, 0.29) is 5.82 Å². The number of hydrogen-bond donors (Lipinski definition) is 0. The van der Waals surface area contributed by atoms with Crippen LogP contribution < -0.4 is 0 Å². The van der Waals surface area contributed by atoms with Crippen LogP contribution in [-0.4, -0.2) is 34.4 Å². The van der Waals surface area contributed by atoms with E-state index in [1.807, 2.05) is 30.1 Å². The Balaban J connectivity index is 1.45. The summed E-state index contributed by atoms with van der Waals surface area (Å²) in [6.07, 6.45) is 4.63. The number of ether oxygens (including phenoxy) is 1. The zero-order valence-corrected chi connectivity index (χ0v) is 14.1. The van der Waals surface area contributed by atoms with Crippen molar-refractivity contribution in [3.8, 4) is 0 Å². The predicted molar refractivity (Wildman–Crippen MR) is 90.0 cm³/mol. The van der Waals surface area contributed by atoms with Crippen LogP contribution >= 0.6 is 0 Å². The molecule has 2 aromatic rings. The average Bonchev–Trinajstić information content (AvgIpc) is 3.33. The molecule has 24 heavy (non-hydrogen) atoms. The summed E-state index contributed by atoms with van der Waals surface area (Å²) >= 11 is 0. The molecule has 1 atom stereocenters. The van der Waals surface area contributed by atoms with Crippen LogP contribution in [0.25, 0.3) is 0 Å². The first kappa shape index (κ1) is 15.8. The molecule has 4 rings (SSSR count). The maximum Gasteiger partial charge on any atom is 0.123 e. The lowest BCUT2D eigenvalue weighted by molar-refractivity contribution is 0.0885. The Morgan fingerprint density at radius 3 is 2.75 bits per heavy atom. The second-order valence-corrected chi connectivity index (χ2v) is 7.14. The van der Waals surface area contributed by atoms with Gasteiger partial charge < -0.3 is 4.74 Å². The molecule has 128 valence electrons. The van der Waals surface area contributed by atoms with E-state index in [9.17, 15) is 4.39 Å². The molecular weight excluding hydrogens is 305 g/mol. The second-order valence-electron chi connectivity index (χ2n) is 7.14. The fraction of sp³-hybridized carbons (Fsp3) is 0.526. The molecule has 0 unspecified atom stereocenters. The van der Waals surface area contributed by atoms with E-state index in [0.717, 1.165) is 44.3 Å². The van der Waals surface area contributed by atoms with Crippen LogP contribution in [0.4, 0.5) is 4.39 Å².